The highest BCUT2D eigenvalue weighted by molar-refractivity contribution is 6.06. The van der Waals surface area contributed by atoms with E-state index >= 15 is 0 Å². The molecule has 2 amide bonds. The molecule has 0 aromatic rings. The molecule has 1 saturated carbocycles. The Kier molecular flexibility index (Phi) is 6.55. The number of hydrogen-bond donors (Lipinski definition) is 2. The molecule has 27 heavy (non-hydrogen) atoms. The van der Waals surface area contributed by atoms with Gasteiger partial charge in [-0.3, -0.25) is 19.5 Å². The van der Waals surface area contributed by atoms with E-state index < -0.39 is 0 Å². The molecule has 0 radical (unpaired) electrons. The van der Waals surface area contributed by atoms with Crippen LogP contribution in [0.5, 0.6) is 0 Å². The zero-order valence-electron chi connectivity index (χ0n) is 16.9. The van der Waals surface area contributed by atoms with Gasteiger partial charge in [0.1, 0.15) is 0 Å². The van der Waals surface area contributed by atoms with Gasteiger partial charge in [-0.15, -0.1) is 0 Å². The molecule has 1 aliphatic heterocycles. The number of guanidine groups is 1. The number of likely N-dealkylation sites (tertiary alicyclic amines) is 1. The number of imide groups is 1. The molecule has 1 heterocycles. The van der Waals surface area contributed by atoms with Crippen molar-refractivity contribution < 1.29 is 9.59 Å². The highest BCUT2D eigenvalue weighted by atomic mass is 16.2. The summed E-state index contributed by atoms with van der Waals surface area (Å²) in [6.45, 7) is 9.33. The first-order valence-corrected chi connectivity index (χ1v) is 10.6. The van der Waals surface area contributed by atoms with Crippen molar-refractivity contribution in [2.75, 3.05) is 26.2 Å². The molecular formula is C21H34N4O2. The average Bonchev–Trinajstić information content (AvgIpc) is 3.30. The highest BCUT2D eigenvalue weighted by Gasteiger charge is 2.58. The standard InChI is InChI=1S/C21H34N4O2/c1-4-22-21(23-10-5-7-14(2)3)24-11-6-12-25-19(26)17-15-8-9-16(13-15)18(17)20(25)27/h8-9,14-18H,4-7,10-13H2,1-3H3,(H2,22,23,24). The van der Waals surface area contributed by atoms with E-state index in [-0.39, 0.29) is 35.5 Å². The normalized spacial score (nSPS) is 29.2. The summed E-state index contributed by atoms with van der Waals surface area (Å²) >= 11 is 0. The Labute approximate surface area is 162 Å². The van der Waals surface area contributed by atoms with E-state index in [1.165, 1.54) is 11.3 Å². The predicted octanol–water partition coefficient (Wildman–Crippen LogP) is 2.17. The number of amides is 2. The van der Waals surface area contributed by atoms with Gasteiger partial charge in [0.05, 0.1) is 11.8 Å². The summed E-state index contributed by atoms with van der Waals surface area (Å²) in [5.41, 5.74) is 0. The van der Waals surface area contributed by atoms with Gasteiger partial charge in [0, 0.05) is 26.2 Å². The van der Waals surface area contributed by atoms with E-state index in [9.17, 15) is 9.59 Å². The topological polar surface area (TPSA) is 73.8 Å². The van der Waals surface area contributed by atoms with Gasteiger partial charge in [-0.25, -0.2) is 0 Å². The van der Waals surface area contributed by atoms with E-state index in [1.807, 2.05) is 6.92 Å². The van der Waals surface area contributed by atoms with Crippen molar-refractivity contribution in [1.82, 2.24) is 15.5 Å². The van der Waals surface area contributed by atoms with Crippen molar-refractivity contribution in [2.24, 2.45) is 34.6 Å². The van der Waals surface area contributed by atoms with E-state index in [0.29, 0.717) is 25.4 Å². The minimum absolute atomic E-state index is 0.0459. The lowest BCUT2D eigenvalue weighted by atomic mass is 9.85. The number of carbonyl (C=O) groups excluding carboxylic acids is 2. The molecule has 150 valence electrons. The SMILES string of the molecule is CCNC(=NCCCN1C(=O)C2C3C=CC(C3)C2C1=O)NCCCC(C)C. The van der Waals surface area contributed by atoms with Crippen LogP contribution in [0.25, 0.3) is 0 Å². The van der Waals surface area contributed by atoms with Gasteiger partial charge in [0.25, 0.3) is 0 Å². The molecule has 0 aromatic carbocycles. The third-order valence-corrected chi connectivity index (χ3v) is 5.97. The van der Waals surface area contributed by atoms with Crippen LogP contribution in [-0.2, 0) is 9.59 Å². The van der Waals surface area contributed by atoms with Crippen molar-refractivity contribution in [2.45, 2.75) is 46.5 Å². The second kappa shape index (κ2) is 8.89. The number of nitrogens with zero attached hydrogens (tertiary/aromatic N) is 2. The molecule has 0 aromatic heterocycles. The Hall–Kier alpha value is -1.85. The second-order valence-electron chi connectivity index (χ2n) is 8.41. The van der Waals surface area contributed by atoms with Gasteiger partial charge in [0.15, 0.2) is 5.96 Å². The summed E-state index contributed by atoms with van der Waals surface area (Å²) in [5, 5.41) is 6.61. The maximum atomic E-state index is 12.7. The highest BCUT2D eigenvalue weighted by Crippen LogP contribution is 2.52. The van der Waals surface area contributed by atoms with Crippen LogP contribution in [-0.4, -0.2) is 48.9 Å². The summed E-state index contributed by atoms with van der Waals surface area (Å²) in [5.74, 6) is 2.02. The molecule has 4 atom stereocenters. The van der Waals surface area contributed by atoms with E-state index in [2.05, 4.69) is 41.6 Å². The van der Waals surface area contributed by atoms with Gasteiger partial charge in [-0.2, -0.15) is 0 Å². The summed E-state index contributed by atoms with van der Waals surface area (Å²) in [7, 11) is 0. The first-order valence-electron chi connectivity index (χ1n) is 10.6. The number of carbonyl (C=O) groups is 2. The van der Waals surface area contributed by atoms with Crippen LogP contribution in [0.3, 0.4) is 0 Å². The zero-order chi connectivity index (χ0) is 19.4. The smallest absolute Gasteiger partial charge is 0.233 e. The lowest BCUT2D eigenvalue weighted by Crippen LogP contribution is -2.38. The maximum Gasteiger partial charge on any atom is 0.233 e. The van der Waals surface area contributed by atoms with Crippen LogP contribution in [0, 0.1) is 29.6 Å². The van der Waals surface area contributed by atoms with E-state index in [0.717, 1.165) is 31.9 Å². The molecular weight excluding hydrogens is 340 g/mol. The van der Waals surface area contributed by atoms with Crippen LogP contribution >= 0.6 is 0 Å². The lowest BCUT2D eigenvalue weighted by molar-refractivity contribution is -0.140. The fourth-order valence-electron chi connectivity index (χ4n) is 4.66. The first-order chi connectivity index (χ1) is 13.0. The van der Waals surface area contributed by atoms with Gasteiger partial charge in [-0.1, -0.05) is 26.0 Å². The van der Waals surface area contributed by atoms with E-state index in [4.69, 9.17) is 0 Å². The molecule has 6 heteroatoms. The fraction of sp³-hybridized carbons (Fsp3) is 0.762. The number of allylic oxidation sites excluding steroid dienone is 2. The largest absolute Gasteiger partial charge is 0.357 e. The Balaban J connectivity index is 1.43. The van der Waals surface area contributed by atoms with Crippen molar-refractivity contribution in [3.05, 3.63) is 12.2 Å². The van der Waals surface area contributed by atoms with Gasteiger partial charge in [-0.05, 0) is 50.4 Å². The predicted molar refractivity (Wildman–Crippen MR) is 107 cm³/mol. The van der Waals surface area contributed by atoms with Crippen LogP contribution in [0.2, 0.25) is 0 Å². The first kappa shape index (κ1) is 19.9. The number of fused-ring (bicyclic) bond motifs is 5. The second-order valence-corrected chi connectivity index (χ2v) is 8.41. The number of aliphatic imine (C=N–C) groups is 1. The van der Waals surface area contributed by atoms with Crippen molar-refractivity contribution in [3.63, 3.8) is 0 Å². The molecule has 2 N–H and O–H groups in total. The Bertz CT molecular complexity index is 583. The van der Waals surface area contributed by atoms with Crippen LogP contribution < -0.4 is 10.6 Å². The number of nitrogens with one attached hydrogen (secondary N) is 2. The number of hydrogen-bond acceptors (Lipinski definition) is 3. The zero-order valence-corrected chi connectivity index (χ0v) is 16.9. The monoisotopic (exact) mass is 374 g/mol. The lowest BCUT2D eigenvalue weighted by Gasteiger charge is -2.17. The average molecular weight is 375 g/mol. The molecule has 3 rings (SSSR count). The Morgan fingerprint density at radius 2 is 1.81 bits per heavy atom. The molecule has 6 nitrogen and oxygen atoms in total. The van der Waals surface area contributed by atoms with Crippen LogP contribution in [0.15, 0.2) is 17.1 Å². The van der Waals surface area contributed by atoms with E-state index in [1.54, 1.807) is 0 Å². The fourth-order valence-corrected chi connectivity index (χ4v) is 4.66. The third-order valence-electron chi connectivity index (χ3n) is 5.97. The summed E-state index contributed by atoms with van der Waals surface area (Å²) in [6, 6.07) is 0. The molecule has 1 saturated heterocycles. The third kappa shape index (κ3) is 4.36. The van der Waals surface area contributed by atoms with Crippen LogP contribution in [0.1, 0.15) is 46.5 Å². The maximum absolute atomic E-state index is 12.7. The summed E-state index contributed by atoms with van der Waals surface area (Å²) in [6.07, 6.45) is 8.29. The van der Waals surface area contributed by atoms with Crippen molar-refractivity contribution in [3.8, 4) is 0 Å². The molecule has 2 bridgehead atoms. The summed E-state index contributed by atoms with van der Waals surface area (Å²) < 4.78 is 0. The van der Waals surface area contributed by atoms with Crippen molar-refractivity contribution in [1.29, 1.82) is 0 Å². The number of rotatable bonds is 9. The minimum Gasteiger partial charge on any atom is -0.357 e. The Morgan fingerprint density at radius 1 is 1.15 bits per heavy atom. The summed E-state index contributed by atoms with van der Waals surface area (Å²) in [4.78, 5) is 31.4. The van der Waals surface area contributed by atoms with Gasteiger partial charge >= 0.3 is 0 Å². The molecule has 0 spiro atoms. The molecule has 2 aliphatic carbocycles. The van der Waals surface area contributed by atoms with Crippen LogP contribution in [0.4, 0.5) is 0 Å². The van der Waals surface area contributed by atoms with Gasteiger partial charge < -0.3 is 10.6 Å². The van der Waals surface area contributed by atoms with Gasteiger partial charge in [0.2, 0.25) is 11.8 Å². The molecule has 4 unspecified atom stereocenters. The quantitative estimate of drug-likeness (QED) is 0.213. The Morgan fingerprint density at radius 3 is 2.41 bits per heavy atom. The molecule has 3 aliphatic rings. The van der Waals surface area contributed by atoms with Crippen molar-refractivity contribution >= 4 is 17.8 Å². The minimum atomic E-state index is -0.0871. The molecule has 2 fully saturated rings.